The van der Waals surface area contributed by atoms with Crippen LogP contribution in [0.1, 0.15) is 69.5 Å². The minimum absolute atomic E-state index is 0.543. The number of hydrogen-bond acceptors (Lipinski definition) is 2. The summed E-state index contributed by atoms with van der Waals surface area (Å²) < 4.78 is 0. The maximum absolute atomic E-state index is 3.66. The van der Waals surface area contributed by atoms with Crippen LogP contribution in [0.4, 0.5) is 0 Å². The van der Waals surface area contributed by atoms with E-state index in [9.17, 15) is 0 Å². The van der Waals surface area contributed by atoms with Crippen LogP contribution in [0.2, 0.25) is 0 Å². The van der Waals surface area contributed by atoms with E-state index < -0.39 is 0 Å². The van der Waals surface area contributed by atoms with Crippen molar-refractivity contribution in [2.45, 2.75) is 70.5 Å². The molecule has 1 saturated heterocycles. The van der Waals surface area contributed by atoms with E-state index in [2.05, 4.69) is 55.3 Å². The van der Waals surface area contributed by atoms with Gasteiger partial charge in [0.15, 0.2) is 0 Å². The van der Waals surface area contributed by atoms with Gasteiger partial charge in [-0.25, -0.2) is 0 Å². The van der Waals surface area contributed by atoms with Gasteiger partial charge in [-0.05, 0) is 56.2 Å². The van der Waals surface area contributed by atoms with Gasteiger partial charge < -0.3 is 5.32 Å². The van der Waals surface area contributed by atoms with Crippen molar-refractivity contribution >= 4 is 0 Å². The molecule has 116 valence electrons. The second kappa shape index (κ2) is 6.50. The highest BCUT2D eigenvalue weighted by Crippen LogP contribution is 2.35. The fraction of sp³-hybridized carbons (Fsp3) is 0.684. The standard InChI is InChI=1S/C19H30N2/c1-14(2)16-6-8-17(9-7-16)15(3)21(19-10-11-19)13-18-5-4-12-20-18/h6-9,14-15,18-20H,4-5,10-13H2,1-3H3. The van der Waals surface area contributed by atoms with Gasteiger partial charge in [0.25, 0.3) is 0 Å². The molecule has 1 heterocycles. The van der Waals surface area contributed by atoms with Crippen LogP contribution in [-0.2, 0) is 0 Å². The molecule has 1 aliphatic heterocycles. The van der Waals surface area contributed by atoms with Crippen LogP contribution in [0, 0.1) is 0 Å². The molecule has 2 heteroatoms. The first-order chi connectivity index (χ1) is 10.1. The van der Waals surface area contributed by atoms with Crippen LogP contribution in [-0.4, -0.2) is 30.1 Å². The van der Waals surface area contributed by atoms with E-state index in [1.165, 1.54) is 49.9 Å². The fourth-order valence-corrected chi connectivity index (χ4v) is 3.55. The first-order valence-corrected chi connectivity index (χ1v) is 8.74. The minimum Gasteiger partial charge on any atom is -0.313 e. The lowest BCUT2D eigenvalue weighted by molar-refractivity contribution is 0.182. The molecule has 2 aliphatic rings. The quantitative estimate of drug-likeness (QED) is 0.847. The molecule has 0 aromatic heterocycles. The van der Waals surface area contributed by atoms with E-state index in [1.807, 2.05) is 0 Å². The molecule has 0 radical (unpaired) electrons. The maximum atomic E-state index is 3.66. The Labute approximate surface area is 129 Å². The molecule has 2 nitrogen and oxygen atoms in total. The van der Waals surface area contributed by atoms with Crippen molar-refractivity contribution in [2.24, 2.45) is 0 Å². The lowest BCUT2D eigenvalue weighted by Crippen LogP contribution is -2.40. The summed E-state index contributed by atoms with van der Waals surface area (Å²) in [6.07, 6.45) is 5.48. The van der Waals surface area contributed by atoms with Gasteiger partial charge in [-0.3, -0.25) is 4.90 Å². The second-order valence-corrected chi connectivity index (χ2v) is 7.22. The number of rotatable bonds is 6. The molecule has 2 unspecified atom stereocenters. The molecule has 0 spiro atoms. The van der Waals surface area contributed by atoms with Crippen LogP contribution in [0.3, 0.4) is 0 Å². The van der Waals surface area contributed by atoms with Crippen LogP contribution in [0.15, 0.2) is 24.3 Å². The normalized spacial score (nSPS) is 24.0. The summed E-state index contributed by atoms with van der Waals surface area (Å²) in [5.74, 6) is 0.622. The molecule has 2 atom stereocenters. The second-order valence-electron chi connectivity index (χ2n) is 7.22. The Morgan fingerprint density at radius 2 is 1.71 bits per heavy atom. The molecule has 21 heavy (non-hydrogen) atoms. The zero-order chi connectivity index (χ0) is 14.8. The summed E-state index contributed by atoms with van der Waals surface area (Å²) >= 11 is 0. The molecule has 1 aromatic carbocycles. The van der Waals surface area contributed by atoms with E-state index >= 15 is 0 Å². The van der Waals surface area contributed by atoms with E-state index in [0.29, 0.717) is 18.0 Å². The fourth-order valence-electron chi connectivity index (χ4n) is 3.55. The summed E-state index contributed by atoms with van der Waals surface area (Å²) in [7, 11) is 0. The third-order valence-corrected chi connectivity index (χ3v) is 5.19. The van der Waals surface area contributed by atoms with E-state index in [0.717, 1.165) is 6.04 Å². The highest BCUT2D eigenvalue weighted by molar-refractivity contribution is 5.27. The molecule has 1 saturated carbocycles. The summed E-state index contributed by atoms with van der Waals surface area (Å²) in [5.41, 5.74) is 2.92. The van der Waals surface area contributed by atoms with Crippen molar-refractivity contribution in [1.82, 2.24) is 10.2 Å². The van der Waals surface area contributed by atoms with Crippen molar-refractivity contribution in [3.05, 3.63) is 35.4 Å². The van der Waals surface area contributed by atoms with Crippen LogP contribution in [0.25, 0.3) is 0 Å². The van der Waals surface area contributed by atoms with E-state index in [-0.39, 0.29) is 0 Å². The zero-order valence-electron chi connectivity index (χ0n) is 13.8. The monoisotopic (exact) mass is 286 g/mol. The van der Waals surface area contributed by atoms with Crippen LogP contribution < -0.4 is 5.32 Å². The number of benzene rings is 1. The van der Waals surface area contributed by atoms with Gasteiger partial charge in [0.05, 0.1) is 0 Å². The van der Waals surface area contributed by atoms with E-state index in [4.69, 9.17) is 0 Å². The van der Waals surface area contributed by atoms with Gasteiger partial charge in [-0.2, -0.15) is 0 Å². The maximum Gasteiger partial charge on any atom is 0.0323 e. The highest BCUT2D eigenvalue weighted by Gasteiger charge is 2.34. The van der Waals surface area contributed by atoms with Gasteiger partial charge in [0, 0.05) is 24.7 Å². The predicted octanol–water partition coefficient (Wildman–Crippen LogP) is 4.09. The lowest BCUT2D eigenvalue weighted by atomic mass is 9.98. The zero-order valence-corrected chi connectivity index (χ0v) is 13.8. The van der Waals surface area contributed by atoms with Gasteiger partial charge in [-0.15, -0.1) is 0 Å². The van der Waals surface area contributed by atoms with Crippen molar-refractivity contribution < 1.29 is 0 Å². The lowest BCUT2D eigenvalue weighted by Gasteiger charge is -2.32. The average Bonchev–Trinajstić information content (AvgIpc) is 3.20. The first-order valence-electron chi connectivity index (χ1n) is 8.74. The number of nitrogens with one attached hydrogen (secondary N) is 1. The SMILES string of the molecule is CC(C)c1ccc(C(C)N(CC2CCCN2)C2CC2)cc1. The Morgan fingerprint density at radius 1 is 1.05 bits per heavy atom. The van der Waals surface area contributed by atoms with Crippen LogP contribution in [0.5, 0.6) is 0 Å². The van der Waals surface area contributed by atoms with Crippen LogP contribution >= 0.6 is 0 Å². The van der Waals surface area contributed by atoms with Crippen molar-refractivity contribution in [3.8, 4) is 0 Å². The molecular formula is C19H30N2. The van der Waals surface area contributed by atoms with Gasteiger partial charge >= 0.3 is 0 Å². The van der Waals surface area contributed by atoms with Gasteiger partial charge in [-0.1, -0.05) is 38.1 Å². The molecule has 2 fully saturated rings. The molecule has 0 amide bonds. The summed E-state index contributed by atoms with van der Waals surface area (Å²) in [6.45, 7) is 9.34. The molecule has 1 aromatic rings. The summed E-state index contributed by atoms with van der Waals surface area (Å²) in [4.78, 5) is 2.74. The third kappa shape index (κ3) is 3.67. The predicted molar refractivity (Wildman–Crippen MR) is 89.7 cm³/mol. The average molecular weight is 286 g/mol. The molecule has 1 N–H and O–H groups in total. The van der Waals surface area contributed by atoms with E-state index in [1.54, 1.807) is 0 Å². The highest BCUT2D eigenvalue weighted by atomic mass is 15.2. The Bertz CT molecular complexity index is 441. The summed E-state index contributed by atoms with van der Waals surface area (Å²) in [6, 6.07) is 11.4. The smallest absolute Gasteiger partial charge is 0.0323 e. The Morgan fingerprint density at radius 3 is 2.24 bits per heavy atom. The molecule has 0 bridgehead atoms. The Balaban J connectivity index is 1.69. The Hall–Kier alpha value is -0.860. The Kier molecular flexibility index (Phi) is 4.66. The minimum atomic E-state index is 0.543. The summed E-state index contributed by atoms with van der Waals surface area (Å²) in [5, 5.41) is 3.66. The number of nitrogens with zero attached hydrogens (tertiary/aromatic N) is 1. The first kappa shape index (κ1) is 15.1. The molecule has 3 rings (SSSR count). The number of hydrogen-bond donors (Lipinski definition) is 1. The third-order valence-electron chi connectivity index (χ3n) is 5.19. The van der Waals surface area contributed by atoms with Gasteiger partial charge in [0.2, 0.25) is 0 Å². The topological polar surface area (TPSA) is 15.3 Å². The van der Waals surface area contributed by atoms with Crippen molar-refractivity contribution in [1.29, 1.82) is 0 Å². The van der Waals surface area contributed by atoms with Crippen molar-refractivity contribution in [2.75, 3.05) is 13.1 Å². The van der Waals surface area contributed by atoms with Gasteiger partial charge in [0.1, 0.15) is 0 Å². The van der Waals surface area contributed by atoms with Crippen molar-refractivity contribution in [3.63, 3.8) is 0 Å². The molecule has 1 aliphatic carbocycles. The largest absolute Gasteiger partial charge is 0.313 e. The molecular weight excluding hydrogens is 256 g/mol.